The van der Waals surface area contributed by atoms with Gasteiger partial charge in [0.15, 0.2) is 0 Å². The fraction of sp³-hybridized carbons (Fsp3) is 0.471. The minimum Gasteiger partial charge on any atom is -0.385 e. The standard InChI is InChI=1S/C17H25N3O3/c1-17(2,3)14-8-6-13(7-9-14)12-19-20-16(22)15(21)18-10-5-11-23-4/h6-9,12H,5,10-11H2,1-4H3,(H,18,21)(H,20,22). The molecule has 0 spiro atoms. The van der Waals surface area contributed by atoms with Crippen molar-refractivity contribution < 1.29 is 14.3 Å². The molecule has 1 aromatic carbocycles. The molecule has 0 saturated carbocycles. The van der Waals surface area contributed by atoms with E-state index >= 15 is 0 Å². The van der Waals surface area contributed by atoms with Gasteiger partial charge in [-0.25, -0.2) is 5.43 Å². The molecule has 0 atom stereocenters. The predicted octanol–water partition coefficient (Wildman–Crippen LogP) is 1.59. The van der Waals surface area contributed by atoms with E-state index in [1.807, 2.05) is 24.3 Å². The largest absolute Gasteiger partial charge is 0.385 e. The van der Waals surface area contributed by atoms with Crippen LogP contribution < -0.4 is 10.7 Å². The Morgan fingerprint density at radius 2 is 1.83 bits per heavy atom. The molecule has 0 bridgehead atoms. The van der Waals surface area contributed by atoms with Crippen LogP contribution >= 0.6 is 0 Å². The highest BCUT2D eigenvalue weighted by atomic mass is 16.5. The molecule has 0 fully saturated rings. The first-order chi connectivity index (χ1) is 10.8. The van der Waals surface area contributed by atoms with Crippen molar-refractivity contribution in [2.45, 2.75) is 32.6 Å². The van der Waals surface area contributed by atoms with E-state index in [0.717, 1.165) is 5.56 Å². The fourth-order valence-electron chi connectivity index (χ4n) is 1.78. The highest BCUT2D eigenvalue weighted by Gasteiger charge is 2.13. The highest BCUT2D eigenvalue weighted by molar-refractivity contribution is 6.35. The van der Waals surface area contributed by atoms with E-state index in [9.17, 15) is 9.59 Å². The lowest BCUT2D eigenvalue weighted by atomic mass is 9.87. The number of hydrogen-bond donors (Lipinski definition) is 2. The lowest BCUT2D eigenvalue weighted by Crippen LogP contribution is -2.38. The van der Waals surface area contributed by atoms with Crippen LogP contribution in [0.2, 0.25) is 0 Å². The lowest BCUT2D eigenvalue weighted by Gasteiger charge is -2.18. The third kappa shape index (κ3) is 7.06. The van der Waals surface area contributed by atoms with E-state index in [-0.39, 0.29) is 5.41 Å². The summed E-state index contributed by atoms with van der Waals surface area (Å²) in [5.74, 6) is -1.49. The van der Waals surface area contributed by atoms with Gasteiger partial charge in [-0.2, -0.15) is 5.10 Å². The van der Waals surface area contributed by atoms with Crippen LogP contribution in [0.25, 0.3) is 0 Å². The van der Waals surface area contributed by atoms with Gasteiger partial charge in [-0.15, -0.1) is 0 Å². The fourth-order valence-corrected chi connectivity index (χ4v) is 1.78. The van der Waals surface area contributed by atoms with Crippen LogP contribution in [0.15, 0.2) is 29.4 Å². The quantitative estimate of drug-likeness (QED) is 0.362. The molecule has 6 nitrogen and oxygen atoms in total. The molecule has 0 aliphatic heterocycles. The summed E-state index contributed by atoms with van der Waals surface area (Å²) in [5.41, 5.74) is 4.35. The number of nitrogens with one attached hydrogen (secondary N) is 2. The van der Waals surface area contributed by atoms with E-state index < -0.39 is 11.8 Å². The van der Waals surface area contributed by atoms with Crippen molar-refractivity contribution in [1.29, 1.82) is 0 Å². The number of methoxy groups -OCH3 is 1. The molecule has 2 N–H and O–H groups in total. The first-order valence-electron chi connectivity index (χ1n) is 7.55. The third-order valence-electron chi connectivity index (χ3n) is 3.17. The topological polar surface area (TPSA) is 79.8 Å². The Kier molecular flexibility index (Phi) is 7.41. The molecular formula is C17H25N3O3. The Bertz CT molecular complexity index is 545. The van der Waals surface area contributed by atoms with Gasteiger partial charge in [-0.05, 0) is 23.0 Å². The first kappa shape index (κ1) is 18.8. The van der Waals surface area contributed by atoms with Crippen molar-refractivity contribution >= 4 is 18.0 Å². The first-order valence-corrected chi connectivity index (χ1v) is 7.55. The van der Waals surface area contributed by atoms with E-state index in [0.29, 0.717) is 19.6 Å². The summed E-state index contributed by atoms with van der Waals surface area (Å²) in [7, 11) is 1.58. The van der Waals surface area contributed by atoms with Gasteiger partial charge in [0.05, 0.1) is 6.21 Å². The number of amides is 2. The van der Waals surface area contributed by atoms with Crippen molar-refractivity contribution in [2.75, 3.05) is 20.3 Å². The van der Waals surface area contributed by atoms with Crippen molar-refractivity contribution in [3.05, 3.63) is 35.4 Å². The molecule has 1 aromatic rings. The molecule has 1 rings (SSSR count). The van der Waals surface area contributed by atoms with Gasteiger partial charge in [-0.1, -0.05) is 45.0 Å². The lowest BCUT2D eigenvalue weighted by molar-refractivity contribution is -0.139. The van der Waals surface area contributed by atoms with Gasteiger partial charge in [0.25, 0.3) is 0 Å². The van der Waals surface area contributed by atoms with Crippen molar-refractivity contribution in [1.82, 2.24) is 10.7 Å². The van der Waals surface area contributed by atoms with E-state index in [1.165, 1.54) is 11.8 Å². The van der Waals surface area contributed by atoms with Crippen LogP contribution in [0.3, 0.4) is 0 Å². The van der Waals surface area contributed by atoms with Gasteiger partial charge >= 0.3 is 11.8 Å². The van der Waals surface area contributed by atoms with E-state index in [4.69, 9.17) is 4.74 Å². The predicted molar refractivity (Wildman–Crippen MR) is 90.4 cm³/mol. The number of ether oxygens (including phenoxy) is 1. The summed E-state index contributed by atoms with van der Waals surface area (Å²) in [6.07, 6.45) is 2.15. The third-order valence-corrected chi connectivity index (χ3v) is 3.17. The Balaban J connectivity index is 2.43. The van der Waals surface area contributed by atoms with Crippen LogP contribution in [0.1, 0.15) is 38.3 Å². The van der Waals surface area contributed by atoms with E-state index in [2.05, 4.69) is 36.6 Å². The second-order valence-corrected chi connectivity index (χ2v) is 6.17. The summed E-state index contributed by atoms with van der Waals surface area (Å²) in [5, 5.41) is 6.27. The van der Waals surface area contributed by atoms with Crippen LogP contribution in [0, 0.1) is 0 Å². The van der Waals surface area contributed by atoms with Crippen LogP contribution in [-0.2, 0) is 19.7 Å². The van der Waals surface area contributed by atoms with E-state index in [1.54, 1.807) is 7.11 Å². The molecule has 0 radical (unpaired) electrons. The molecule has 2 amide bonds. The van der Waals surface area contributed by atoms with Crippen molar-refractivity contribution in [2.24, 2.45) is 5.10 Å². The zero-order chi connectivity index (χ0) is 17.3. The number of rotatable bonds is 6. The SMILES string of the molecule is COCCCNC(=O)C(=O)NN=Cc1ccc(C(C)(C)C)cc1. The summed E-state index contributed by atoms with van der Waals surface area (Å²) in [6, 6.07) is 7.87. The van der Waals surface area contributed by atoms with Crippen LogP contribution in [0.4, 0.5) is 0 Å². The Hall–Kier alpha value is -2.21. The zero-order valence-electron chi connectivity index (χ0n) is 14.2. The van der Waals surface area contributed by atoms with Crippen molar-refractivity contribution in [3.63, 3.8) is 0 Å². The zero-order valence-corrected chi connectivity index (χ0v) is 14.2. The molecule has 126 valence electrons. The Morgan fingerprint density at radius 1 is 1.17 bits per heavy atom. The number of benzene rings is 1. The maximum atomic E-state index is 11.5. The van der Waals surface area contributed by atoms with Crippen LogP contribution in [0.5, 0.6) is 0 Å². The summed E-state index contributed by atoms with van der Waals surface area (Å²) in [4.78, 5) is 23.0. The monoisotopic (exact) mass is 319 g/mol. The smallest absolute Gasteiger partial charge is 0.329 e. The summed E-state index contributed by atoms with van der Waals surface area (Å²) >= 11 is 0. The molecule has 0 heterocycles. The summed E-state index contributed by atoms with van der Waals surface area (Å²) < 4.78 is 4.85. The average Bonchev–Trinajstić information content (AvgIpc) is 2.51. The maximum absolute atomic E-state index is 11.5. The second kappa shape index (κ2) is 9.05. The Morgan fingerprint density at radius 3 is 2.39 bits per heavy atom. The molecule has 0 saturated heterocycles. The van der Waals surface area contributed by atoms with Gasteiger partial charge < -0.3 is 10.1 Å². The molecule has 0 aromatic heterocycles. The molecule has 0 aliphatic rings. The minimum atomic E-state index is -0.787. The average molecular weight is 319 g/mol. The van der Waals surface area contributed by atoms with Gasteiger partial charge in [0.2, 0.25) is 0 Å². The normalized spacial score (nSPS) is 11.5. The number of nitrogens with zero attached hydrogens (tertiary/aromatic N) is 1. The minimum absolute atomic E-state index is 0.0881. The molecule has 0 unspecified atom stereocenters. The number of carbonyl (C=O) groups is 2. The number of carbonyl (C=O) groups excluding carboxylic acids is 2. The van der Waals surface area contributed by atoms with Gasteiger partial charge in [-0.3, -0.25) is 9.59 Å². The number of hydrazone groups is 1. The Labute approximate surface area is 137 Å². The molecule has 23 heavy (non-hydrogen) atoms. The van der Waals surface area contributed by atoms with Crippen LogP contribution in [-0.4, -0.2) is 38.3 Å². The molecule has 0 aliphatic carbocycles. The maximum Gasteiger partial charge on any atom is 0.329 e. The molecule has 6 heteroatoms. The highest BCUT2D eigenvalue weighted by Crippen LogP contribution is 2.21. The van der Waals surface area contributed by atoms with Crippen molar-refractivity contribution in [3.8, 4) is 0 Å². The second-order valence-electron chi connectivity index (χ2n) is 6.17. The summed E-state index contributed by atoms with van der Waals surface area (Å²) in [6.45, 7) is 7.34. The van der Waals surface area contributed by atoms with Gasteiger partial charge in [0.1, 0.15) is 0 Å². The number of hydrogen-bond acceptors (Lipinski definition) is 4. The molecular weight excluding hydrogens is 294 g/mol. The van der Waals surface area contributed by atoms with Gasteiger partial charge in [0, 0.05) is 20.3 Å².